The highest BCUT2D eigenvalue weighted by Gasteiger charge is 2.52. The molecule has 2 aromatic carbocycles. The van der Waals surface area contributed by atoms with Crippen LogP contribution in [0.5, 0.6) is 0 Å². The molecule has 4 aromatic rings. The number of benzene rings is 2. The van der Waals surface area contributed by atoms with Crippen molar-refractivity contribution in [2.75, 3.05) is 4.90 Å². The summed E-state index contributed by atoms with van der Waals surface area (Å²) in [7, 11) is 0. The number of aromatic nitrogens is 4. The third kappa shape index (κ3) is 4.44. The number of rotatable bonds is 6. The predicted molar refractivity (Wildman–Crippen MR) is 135 cm³/mol. The minimum atomic E-state index is -1.24. The van der Waals surface area contributed by atoms with Gasteiger partial charge in [0.15, 0.2) is 11.6 Å². The number of carbonyl (C=O) groups excluding carboxylic acids is 3. The second kappa shape index (κ2) is 9.50. The maximum Gasteiger partial charge on any atom is 0.297 e. The van der Waals surface area contributed by atoms with E-state index in [1.54, 1.807) is 62.4 Å². The van der Waals surface area contributed by atoms with Crippen LogP contribution in [0.1, 0.15) is 58.9 Å². The summed E-state index contributed by atoms with van der Waals surface area (Å²) in [6.07, 6.45) is 0. The van der Waals surface area contributed by atoms with Crippen molar-refractivity contribution in [3.63, 3.8) is 0 Å². The zero-order valence-corrected chi connectivity index (χ0v) is 20.9. The van der Waals surface area contributed by atoms with E-state index in [2.05, 4.69) is 34.2 Å². The van der Waals surface area contributed by atoms with E-state index >= 15 is 0 Å². The number of ketones is 2. The minimum Gasteiger partial charge on any atom is -0.421 e. The first-order valence-corrected chi connectivity index (χ1v) is 12.0. The molecule has 1 saturated heterocycles. The van der Waals surface area contributed by atoms with E-state index in [1.807, 2.05) is 12.1 Å². The van der Waals surface area contributed by atoms with Gasteiger partial charge in [-0.1, -0.05) is 50.2 Å². The molecular weight excluding hydrogens is 470 g/mol. The standard InChI is InChI=1S/C28H25N5O4/c1-15(2)18-6-10-20(11-7-18)25(34)23-24(19-8-12-21(13-9-19)27-32-30-17(4)37-27)33(28(36)26(23)35)22-14-5-16(3)29-31-22/h5-15,23-24H,1-4H3. The maximum atomic E-state index is 13.7. The second-order valence-electron chi connectivity index (χ2n) is 9.38. The quantitative estimate of drug-likeness (QED) is 0.219. The summed E-state index contributed by atoms with van der Waals surface area (Å²) in [5, 5.41) is 16.1. The van der Waals surface area contributed by atoms with E-state index in [0.29, 0.717) is 40.1 Å². The summed E-state index contributed by atoms with van der Waals surface area (Å²) in [6.45, 7) is 7.60. The molecule has 1 aliphatic heterocycles. The topological polar surface area (TPSA) is 119 Å². The van der Waals surface area contributed by atoms with Crippen molar-refractivity contribution in [3.8, 4) is 11.5 Å². The normalized spacial score (nSPS) is 17.6. The van der Waals surface area contributed by atoms with Gasteiger partial charge in [0.1, 0.15) is 5.92 Å². The van der Waals surface area contributed by atoms with Crippen molar-refractivity contribution in [1.82, 2.24) is 20.4 Å². The Bertz CT molecular complexity index is 1470. The van der Waals surface area contributed by atoms with E-state index in [1.165, 1.54) is 4.90 Å². The number of aryl methyl sites for hydroxylation is 2. The summed E-state index contributed by atoms with van der Waals surface area (Å²) in [5.74, 6) is -1.95. The lowest BCUT2D eigenvalue weighted by atomic mass is 9.85. The van der Waals surface area contributed by atoms with Crippen LogP contribution in [-0.2, 0) is 9.59 Å². The number of carbonyl (C=O) groups is 3. The van der Waals surface area contributed by atoms with Crippen LogP contribution in [0.3, 0.4) is 0 Å². The molecule has 0 bridgehead atoms. The van der Waals surface area contributed by atoms with Crippen LogP contribution in [0.15, 0.2) is 65.1 Å². The molecule has 1 aliphatic rings. The van der Waals surface area contributed by atoms with E-state index in [-0.39, 0.29) is 5.82 Å². The van der Waals surface area contributed by atoms with E-state index in [4.69, 9.17) is 4.42 Å². The van der Waals surface area contributed by atoms with Gasteiger partial charge in [0, 0.05) is 18.1 Å². The Morgan fingerprint density at radius 3 is 2.14 bits per heavy atom. The average molecular weight is 496 g/mol. The molecule has 0 radical (unpaired) electrons. The molecule has 0 saturated carbocycles. The Morgan fingerprint density at radius 1 is 0.865 bits per heavy atom. The number of nitrogens with zero attached hydrogens (tertiary/aromatic N) is 5. The van der Waals surface area contributed by atoms with E-state index < -0.39 is 29.4 Å². The average Bonchev–Trinajstić information content (AvgIpc) is 3.45. The van der Waals surface area contributed by atoms with Crippen molar-refractivity contribution in [3.05, 3.63) is 88.9 Å². The highest BCUT2D eigenvalue weighted by Crippen LogP contribution is 2.41. The molecule has 2 atom stereocenters. The molecule has 0 spiro atoms. The minimum absolute atomic E-state index is 0.205. The monoisotopic (exact) mass is 495 g/mol. The lowest BCUT2D eigenvalue weighted by molar-refractivity contribution is -0.135. The molecule has 2 unspecified atom stereocenters. The van der Waals surface area contributed by atoms with Gasteiger partial charge in [-0.05, 0) is 48.2 Å². The summed E-state index contributed by atoms with van der Waals surface area (Å²) >= 11 is 0. The summed E-state index contributed by atoms with van der Waals surface area (Å²) < 4.78 is 5.50. The molecule has 5 rings (SSSR count). The zero-order valence-electron chi connectivity index (χ0n) is 20.9. The summed E-state index contributed by atoms with van der Waals surface area (Å²) in [5.41, 5.74) is 3.38. The third-order valence-corrected chi connectivity index (χ3v) is 6.51. The Balaban J connectivity index is 1.58. The van der Waals surface area contributed by atoms with Gasteiger partial charge in [0.2, 0.25) is 17.6 Å². The smallest absolute Gasteiger partial charge is 0.297 e. The first kappa shape index (κ1) is 24.2. The van der Waals surface area contributed by atoms with Gasteiger partial charge in [-0.2, -0.15) is 5.10 Å². The summed E-state index contributed by atoms with van der Waals surface area (Å²) in [4.78, 5) is 41.6. The van der Waals surface area contributed by atoms with Crippen molar-refractivity contribution in [1.29, 1.82) is 0 Å². The van der Waals surface area contributed by atoms with Crippen LogP contribution in [-0.4, -0.2) is 37.9 Å². The van der Waals surface area contributed by atoms with Crippen molar-refractivity contribution >= 4 is 23.3 Å². The first-order chi connectivity index (χ1) is 17.7. The maximum absolute atomic E-state index is 13.7. The SMILES string of the molecule is Cc1ccc(N2C(=O)C(=O)C(C(=O)c3ccc(C(C)C)cc3)C2c2ccc(-c3nnc(C)o3)cc2)nn1. The largest absolute Gasteiger partial charge is 0.421 e. The zero-order chi connectivity index (χ0) is 26.3. The fraction of sp³-hybridized carbons (Fsp3) is 0.250. The van der Waals surface area contributed by atoms with Crippen LogP contribution < -0.4 is 4.90 Å². The second-order valence-corrected chi connectivity index (χ2v) is 9.38. The van der Waals surface area contributed by atoms with E-state index in [9.17, 15) is 14.4 Å². The van der Waals surface area contributed by atoms with Gasteiger partial charge in [0.25, 0.3) is 5.91 Å². The molecule has 186 valence electrons. The predicted octanol–water partition coefficient (Wildman–Crippen LogP) is 4.42. The number of hydrogen-bond donors (Lipinski definition) is 0. The van der Waals surface area contributed by atoms with Crippen LogP contribution in [0.25, 0.3) is 11.5 Å². The van der Waals surface area contributed by atoms with Gasteiger partial charge in [-0.15, -0.1) is 15.3 Å². The first-order valence-electron chi connectivity index (χ1n) is 12.0. The van der Waals surface area contributed by atoms with Crippen LogP contribution in [0.2, 0.25) is 0 Å². The third-order valence-electron chi connectivity index (χ3n) is 6.51. The summed E-state index contributed by atoms with van der Waals surface area (Å²) in [6, 6.07) is 16.6. The molecule has 37 heavy (non-hydrogen) atoms. The highest BCUT2D eigenvalue weighted by molar-refractivity contribution is 6.48. The number of Topliss-reactive ketones (excluding diaryl/α,β-unsaturated/α-hetero) is 2. The van der Waals surface area contributed by atoms with E-state index in [0.717, 1.165) is 5.56 Å². The highest BCUT2D eigenvalue weighted by atomic mass is 16.4. The van der Waals surface area contributed by atoms with Gasteiger partial charge in [0.05, 0.1) is 11.7 Å². The van der Waals surface area contributed by atoms with Gasteiger partial charge in [-0.25, -0.2) is 0 Å². The van der Waals surface area contributed by atoms with Crippen LogP contribution in [0.4, 0.5) is 5.82 Å². The molecule has 1 fully saturated rings. The van der Waals surface area contributed by atoms with Gasteiger partial charge < -0.3 is 4.42 Å². The fourth-order valence-electron chi connectivity index (χ4n) is 4.49. The lowest BCUT2D eigenvalue weighted by Crippen LogP contribution is -2.31. The van der Waals surface area contributed by atoms with Crippen molar-refractivity contribution in [2.24, 2.45) is 5.92 Å². The van der Waals surface area contributed by atoms with Gasteiger partial charge in [-0.3, -0.25) is 19.3 Å². The molecule has 2 aromatic heterocycles. The number of hydrogen-bond acceptors (Lipinski definition) is 8. The molecule has 1 amide bonds. The Labute approximate surface area is 213 Å². The molecule has 9 nitrogen and oxygen atoms in total. The molecule has 0 aliphatic carbocycles. The fourth-order valence-corrected chi connectivity index (χ4v) is 4.49. The Morgan fingerprint density at radius 2 is 1.57 bits per heavy atom. The Kier molecular flexibility index (Phi) is 6.20. The molecule has 9 heteroatoms. The van der Waals surface area contributed by atoms with Gasteiger partial charge >= 0.3 is 0 Å². The molecule has 0 N–H and O–H groups in total. The van der Waals surface area contributed by atoms with Crippen LogP contribution >= 0.6 is 0 Å². The Hall–Kier alpha value is -4.53. The number of amides is 1. The molecular formula is C28H25N5O4. The van der Waals surface area contributed by atoms with Crippen molar-refractivity contribution in [2.45, 2.75) is 39.7 Å². The molecule has 3 heterocycles. The van der Waals surface area contributed by atoms with Crippen molar-refractivity contribution < 1.29 is 18.8 Å². The van der Waals surface area contributed by atoms with Crippen LogP contribution in [0, 0.1) is 19.8 Å². The lowest BCUT2D eigenvalue weighted by Gasteiger charge is -2.26. The number of anilines is 1.